The largest absolute Gasteiger partial charge is 0.379 e. The molecule has 5 aromatic rings. The highest BCUT2D eigenvalue weighted by Crippen LogP contribution is 2.36. The van der Waals surface area contributed by atoms with Gasteiger partial charge >= 0.3 is 0 Å². The van der Waals surface area contributed by atoms with Crippen molar-refractivity contribution in [3.63, 3.8) is 0 Å². The van der Waals surface area contributed by atoms with Gasteiger partial charge in [-0.3, -0.25) is 0 Å². The van der Waals surface area contributed by atoms with Gasteiger partial charge in [0.05, 0.1) is 13.2 Å². The van der Waals surface area contributed by atoms with Crippen LogP contribution in [0.15, 0.2) is 97.1 Å². The van der Waals surface area contributed by atoms with Crippen LogP contribution in [0.25, 0.3) is 21.8 Å². The number of ether oxygens (including phenoxy) is 1. The van der Waals surface area contributed by atoms with Crippen LogP contribution < -0.4 is 4.90 Å². The molecule has 0 radical (unpaired) electrons. The van der Waals surface area contributed by atoms with Gasteiger partial charge in [0, 0.05) is 66.8 Å². The number of aromatic nitrogens is 1. The maximum absolute atomic E-state index is 5.10. The summed E-state index contributed by atoms with van der Waals surface area (Å²) in [4.78, 5) is 4.54. The van der Waals surface area contributed by atoms with Gasteiger partial charge in [0.25, 0.3) is 0 Å². The number of morpholine rings is 1. The highest BCUT2D eigenvalue weighted by molar-refractivity contribution is 6.07. The summed E-state index contributed by atoms with van der Waals surface area (Å²) in [7, 11) is 6.37. The molecule has 0 bridgehead atoms. The topological polar surface area (TPSA) is 20.6 Å². The third-order valence-electron chi connectivity index (χ3n) is 7.14. The van der Waals surface area contributed by atoms with Gasteiger partial charge in [-0.2, -0.15) is 0 Å². The van der Waals surface area contributed by atoms with Gasteiger partial charge in [0.2, 0.25) is 0 Å². The predicted octanol–water partition coefficient (Wildman–Crippen LogP) is 10.7. The van der Waals surface area contributed by atoms with Crippen molar-refractivity contribution in [2.75, 3.05) is 45.3 Å². The first kappa shape index (κ1) is 38.4. The second-order valence-corrected chi connectivity index (χ2v) is 9.50. The minimum atomic E-state index is 0.913. The van der Waals surface area contributed by atoms with Gasteiger partial charge in [-0.15, -0.1) is 0 Å². The average Bonchev–Trinajstić information content (AvgIpc) is 3.41. The molecule has 0 amide bonds. The molecule has 0 atom stereocenters. The number of hydrogen-bond donors (Lipinski definition) is 0. The van der Waals surface area contributed by atoms with Gasteiger partial charge in [-0.1, -0.05) is 128 Å². The molecule has 4 heteroatoms. The Morgan fingerprint density at radius 3 is 1.23 bits per heavy atom. The summed E-state index contributed by atoms with van der Waals surface area (Å²) in [6.07, 6.45) is 1.05. The molecular weight excluding hydrogens is 538 g/mol. The molecule has 0 aliphatic carbocycles. The van der Waals surface area contributed by atoms with Crippen LogP contribution in [0.5, 0.6) is 0 Å². The molecule has 2 aliphatic rings. The van der Waals surface area contributed by atoms with E-state index in [9.17, 15) is 0 Å². The van der Waals surface area contributed by atoms with E-state index in [-0.39, 0.29) is 0 Å². The second kappa shape index (κ2) is 22.0. The normalized spacial score (nSPS) is 12.7. The summed E-state index contributed by atoms with van der Waals surface area (Å²) in [5.74, 6) is 0. The quantitative estimate of drug-likeness (QED) is 0.177. The van der Waals surface area contributed by atoms with Crippen LogP contribution in [-0.2, 0) is 18.2 Å². The molecular formula is C40H59N3O. The molecule has 1 saturated heterocycles. The molecule has 44 heavy (non-hydrogen) atoms. The van der Waals surface area contributed by atoms with Crippen LogP contribution in [-0.4, -0.2) is 49.9 Å². The molecule has 7 rings (SSSR count). The smallest absolute Gasteiger partial charge is 0.0594 e. The van der Waals surface area contributed by atoms with Crippen molar-refractivity contribution in [3.05, 3.63) is 108 Å². The minimum Gasteiger partial charge on any atom is -0.379 e. The number of aryl methyl sites for hydroxylation is 1. The van der Waals surface area contributed by atoms with E-state index in [1.807, 2.05) is 55.4 Å². The highest BCUT2D eigenvalue weighted by Gasteiger charge is 2.18. The van der Waals surface area contributed by atoms with Gasteiger partial charge in [-0.25, -0.2) is 0 Å². The fourth-order valence-corrected chi connectivity index (χ4v) is 5.08. The number of anilines is 2. The molecule has 2 aliphatic heterocycles. The lowest BCUT2D eigenvalue weighted by Crippen LogP contribution is -2.32. The number of nitrogens with zero attached hydrogens (tertiary/aromatic N) is 3. The van der Waals surface area contributed by atoms with Crippen LogP contribution in [0, 0.1) is 0 Å². The van der Waals surface area contributed by atoms with Crippen molar-refractivity contribution in [3.8, 4) is 0 Å². The van der Waals surface area contributed by atoms with Crippen molar-refractivity contribution >= 4 is 33.2 Å². The summed E-state index contributed by atoms with van der Waals surface area (Å²) < 4.78 is 7.34. The Kier molecular flexibility index (Phi) is 19.2. The van der Waals surface area contributed by atoms with Crippen LogP contribution in [0.2, 0.25) is 0 Å². The summed E-state index contributed by atoms with van der Waals surface area (Å²) in [6, 6.07) is 34.2. The third-order valence-corrected chi connectivity index (χ3v) is 7.14. The Hall–Kier alpha value is -3.60. The Morgan fingerprint density at radius 1 is 0.477 bits per heavy atom. The van der Waals surface area contributed by atoms with Gasteiger partial charge in [0.1, 0.15) is 0 Å². The lowest BCUT2D eigenvalue weighted by molar-refractivity contribution is 0.0503. The van der Waals surface area contributed by atoms with Crippen molar-refractivity contribution in [2.45, 2.75) is 61.8 Å². The lowest BCUT2D eigenvalue weighted by atomic mass is 9.96. The zero-order valence-electron chi connectivity index (χ0n) is 29.5. The molecule has 0 spiro atoms. The summed E-state index contributed by atoms with van der Waals surface area (Å²) in [5, 5.41) is 2.68. The molecule has 0 N–H and O–H groups in total. The molecule has 240 valence electrons. The van der Waals surface area contributed by atoms with E-state index < -0.39 is 0 Å². The van der Waals surface area contributed by atoms with Crippen LogP contribution >= 0.6 is 0 Å². The number of hydrogen-bond acceptors (Lipinski definition) is 3. The van der Waals surface area contributed by atoms with E-state index in [4.69, 9.17) is 4.74 Å². The molecule has 0 unspecified atom stereocenters. The zero-order valence-corrected chi connectivity index (χ0v) is 29.5. The monoisotopic (exact) mass is 597 g/mol. The molecule has 3 heterocycles. The Bertz CT molecular complexity index is 1350. The third kappa shape index (κ3) is 10.2. The van der Waals surface area contributed by atoms with Gasteiger partial charge in [-0.05, 0) is 42.4 Å². The lowest BCUT2D eigenvalue weighted by Gasteiger charge is -2.29. The first-order chi connectivity index (χ1) is 21.6. The summed E-state index contributed by atoms with van der Waals surface area (Å²) in [5.41, 5.74) is 8.09. The Labute approximate surface area is 269 Å². The van der Waals surface area contributed by atoms with E-state index in [0.29, 0.717) is 0 Å². The average molecular weight is 598 g/mol. The van der Waals surface area contributed by atoms with Crippen molar-refractivity contribution in [1.29, 1.82) is 0 Å². The van der Waals surface area contributed by atoms with Crippen LogP contribution in [0.1, 0.15) is 66.5 Å². The van der Waals surface area contributed by atoms with Crippen molar-refractivity contribution in [2.24, 2.45) is 7.05 Å². The van der Waals surface area contributed by atoms with E-state index in [1.165, 1.54) is 44.3 Å². The molecule has 4 aromatic carbocycles. The number of para-hydroxylation sites is 4. The molecule has 0 saturated carbocycles. The van der Waals surface area contributed by atoms with Crippen molar-refractivity contribution in [1.82, 2.24) is 9.47 Å². The van der Waals surface area contributed by atoms with Gasteiger partial charge < -0.3 is 19.1 Å². The highest BCUT2D eigenvalue weighted by atomic mass is 16.5. The summed E-state index contributed by atoms with van der Waals surface area (Å²) in [6.45, 7) is 20.0. The summed E-state index contributed by atoms with van der Waals surface area (Å²) >= 11 is 0. The van der Waals surface area contributed by atoms with E-state index >= 15 is 0 Å². The number of likely N-dealkylation sites (N-methyl/N-ethyl adjacent to an activating group) is 1. The van der Waals surface area contributed by atoms with E-state index in [0.717, 1.165) is 32.7 Å². The SMILES string of the molecule is CC.CC.CC.CC.CN1CCOCC1.CN1c2ccccc2Cc2ccccc21.Cn1c2ccccc2c2ccccc21. The number of rotatable bonds is 0. The molecule has 1 fully saturated rings. The fraction of sp³-hybridized carbons (Fsp3) is 0.400. The maximum atomic E-state index is 5.10. The van der Waals surface area contributed by atoms with E-state index in [2.05, 4.69) is 133 Å². The number of benzene rings is 4. The van der Waals surface area contributed by atoms with E-state index in [1.54, 1.807) is 0 Å². The minimum absolute atomic E-state index is 0.913. The Morgan fingerprint density at radius 2 is 0.841 bits per heavy atom. The Balaban J connectivity index is 0.000000309. The predicted molar refractivity (Wildman–Crippen MR) is 198 cm³/mol. The molecule has 1 aromatic heterocycles. The molecule has 4 nitrogen and oxygen atoms in total. The van der Waals surface area contributed by atoms with Crippen molar-refractivity contribution < 1.29 is 4.74 Å². The van der Waals surface area contributed by atoms with Gasteiger partial charge in [0.15, 0.2) is 0 Å². The first-order valence-corrected chi connectivity index (χ1v) is 16.7. The van der Waals surface area contributed by atoms with Crippen LogP contribution in [0.3, 0.4) is 0 Å². The second-order valence-electron chi connectivity index (χ2n) is 9.50. The fourth-order valence-electron chi connectivity index (χ4n) is 5.08. The zero-order chi connectivity index (χ0) is 32.9. The maximum Gasteiger partial charge on any atom is 0.0594 e. The number of fused-ring (bicyclic) bond motifs is 5. The van der Waals surface area contributed by atoms with Crippen LogP contribution in [0.4, 0.5) is 11.4 Å². The standard InChI is InChI=1S/C14H13N.C13H11N.C5H11NO.4C2H6/c1-15-13-8-4-2-6-11(13)10-12-7-3-5-9-14(12)15;1-14-12-8-4-2-6-10(12)11-7-3-5-9-13(11)14;1-6-2-4-7-5-3-6;4*1-2/h2-9H,10H2,1H3;2-9H,1H3;2-5H2,1H3;4*1-2H3. The first-order valence-electron chi connectivity index (χ1n) is 16.7.